The fraction of sp³-hybridized carbons (Fsp3) is 0.733. The fourth-order valence-electron chi connectivity index (χ4n) is 2.70. The van der Waals surface area contributed by atoms with E-state index in [1.54, 1.807) is 0 Å². The third-order valence-corrected chi connectivity index (χ3v) is 3.74. The Kier molecular flexibility index (Phi) is 5.73. The van der Waals surface area contributed by atoms with Crippen LogP contribution in [0.3, 0.4) is 0 Å². The van der Waals surface area contributed by atoms with Crippen LogP contribution in [0.1, 0.15) is 39.2 Å². The largest absolute Gasteiger partial charge is 0.352 e. The van der Waals surface area contributed by atoms with Crippen LogP contribution in [-0.4, -0.2) is 46.6 Å². The highest BCUT2D eigenvalue weighted by Gasteiger charge is 2.21. The molecule has 0 bridgehead atoms. The molecular weight excluding hydrogens is 250 g/mol. The molecule has 0 aliphatic carbocycles. The molecule has 1 aromatic heterocycles. The first kappa shape index (κ1) is 15.2. The van der Waals surface area contributed by atoms with Crippen molar-refractivity contribution in [3.63, 3.8) is 0 Å². The highest BCUT2D eigenvalue weighted by atomic mass is 15.2. The van der Waals surface area contributed by atoms with Gasteiger partial charge in [-0.15, -0.1) is 0 Å². The summed E-state index contributed by atoms with van der Waals surface area (Å²) in [7, 11) is 0. The van der Waals surface area contributed by atoms with Gasteiger partial charge in [-0.1, -0.05) is 6.92 Å². The number of likely N-dealkylation sites (tertiary alicyclic amines) is 1. The molecule has 5 nitrogen and oxygen atoms in total. The zero-order chi connectivity index (χ0) is 14.4. The molecule has 1 atom stereocenters. The monoisotopic (exact) mass is 277 g/mol. The van der Waals surface area contributed by atoms with Crippen LogP contribution in [0.4, 0.5) is 5.95 Å². The molecule has 20 heavy (non-hydrogen) atoms. The van der Waals surface area contributed by atoms with Crippen LogP contribution in [0.15, 0.2) is 12.4 Å². The van der Waals surface area contributed by atoms with Crippen LogP contribution < -0.4 is 10.6 Å². The molecule has 0 spiro atoms. The number of hydrogen-bond acceptors (Lipinski definition) is 5. The van der Waals surface area contributed by atoms with E-state index in [0.717, 1.165) is 25.2 Å². The smallest absolute Gasteiger partial charge is 0.222 e. The standard InChI is InChI=1S/C15H27N5/c1-4-20-7-5-6-14(20)11-16-8-13-9-17-15(18-10-13)19-12(2)3/h9-10,12,14,16H,4-8,11H2,1-3H3,(H,17,18,19). The second-order valence-electron chi connectivity index (χ2n) is 5.77. The Balaban J connectivity index is 1.74. The molecule has 1 aromatic rings. The highest BCUT2D eigenvalue weighted by molar-refractivity contribution is 5.25. The topological polar surface area (TPSA) is 53.1 Å². The molecule has 1 unspecified atom stereocenters. The van der Waals surface area contributed by atoms with Crippen molar-refractivity contribution < 1.29 is 0 Å². The summed E-state index contributed by atoms with van der Waals surface area (Å²) in [5.74, 6) is 0.705. The third-order valence-electron chi connectivity index (χ3n) is 3.74. The lowest BCUT2D eigenvalue weighted by atomic mass is 10.2. The van der Waals surface area contributed by atoms with Gasteiger partial charge in [0.05, 0.1) is 0 Å². The van der Waals surface area contributed by atoms with E-state index in [0.29, 0.717) is 18.0 Å². The maximum absolute atomic E-state index is 4.33. The molecule has 2 N–H and O–H groups in total. The normalized spacial score (nSPS) is 19.7. The molecule has 1 aliphatic heterocycles. The van der Waals surface area contributed by atoms with Crippen LogP contribution in [0, 0.1) is 0 Å². The van der Waals surface area contributed by atoms with Crippen molar-refractivity contribution in [2.24, 2.45) is 0 Å². The predicted molar refractivity (Wildman–Crippen MR) is 82.8 cm³/mol. The van der Waals surface area contributed by atoms with Crippen LogP contribution in [-0.2, 0) is 6.54 Å². The van der Waals surface area contributed by atoms with E-state index in [4.69, 9.17) is 0 Å². The minimum atomic E-state index is 0.362. The summed E-state index contributed by atoms with van der Waals surface area (Å²) in [6.45, 7) is 10.7. The summed E-state index contributed by atoms with van der Waals surface area (Å²) in [4.78, 5) is 11.2. The van der Waals surface area contributed by atoms with Crippen LogP contribution in [0.2, 0.25) is 0 Å². The lowest BCUT2D eigenvalue weighted by Gasteiger charge is -2.22. The maximum atomic E-state index is 4.33. The summed E-state index contributed by atoms with van der Waals surface area (Å²) in [5, 5.41) is 6.72. The van der Waals surface area contributed by atoms with Gasteiger partial charge in [-0.2, -0.15) is 0 Å². The molecule has 0 amide bonds. The summed E-state index contributed by atoms with van der Waals surface area (Å²) >= 11 is 0. The van der Waals surface area contributed by atoms with Crippen molar-refractivity contribution >= 4 is 5.95 Å². The van der Waals surface area contributed by atoms with Crippen LogP contribution in [0.5, 0.6) is 0 Å². The first-order chi connectivity index (χ1) is 9.69. The van der Waals surface area contributed by atoms with Crippen molar-refractivity contribution in [1.82, 2.24) is 20.2 Å². The van der Waals surface area contributed by atoms with E-state index < -0.39 is 0 Å². The number of likely N-dealkylation sites (N-methyl/N-ethyl adjacent to an activating group) is 1. The van der Waals surface area contributed by atoms with E-state index in [1.807, 2.05) is 12.4 Å². The van der Waals surface area contributed by atoms with Gasteiger partial charge in [-0.05, 0) is 39.8 Å². The Morgan fingerprint density at radius 3 is 2.75 bits per heavy atom. The molecule has 0 radical (unpaired) electrons. The average Bonchev–Trinajstić information content (AvgIpc) is 2.87. The summed E-state index contributed by atoms with van der Waals surface area (Å²) in [6.07, 6.45) is 6.45. The lowest BCUT2D eigenvalue weighted by Crippen LogP contribution is -2.37. The Morgan fingerprint density at radius 1 is 1.35 bits per heavy atom. The second-order valence-corrected chi connectivity index (χ2v) is 5.77. The number of aromatic nitrogens is 2. The molecule has 0 aromatic carbocycles. The second kappa shape index (κ2) is 7.55. The first-order valence-corrected chi connectivity index (χ1v) is 7.71. The van der Waals surface area contributed by atoms with Gasteiger partial charge in [-0.3, -0.25) is 4.90 Å². The van der Waals surface area contributed by atoms with Gasteiger partial charge in [-0.25, -0.2) is 9.97 Å². The molecular formula is C15H27N5. The Hall–Kier alpha value is -1.20. The third kappa shape index (κ3) is 4.42. The molecule has 5 heteroatoms. The molecule has 2 rings (SSSR count). The minimum Gasteiger partial charge on any atom is -0.352 e. The van der Waals surface area contributed by atoms with Crippen LogP contribution in [0.25, 0.3) is 0 Å². The lowest BCUT2D eigenvalue weighted by molar-refractivity contribution is 0.260. The maximum Gasteiger partial charge on any atom is 0.222 e. The summed E-state index contributed by atoms with van der Waals surface area (Å²) < 4.78 is 0. The van der Waals surface area contributed by atoms with Gasteiger partial charge in [0.25, 0.3) is 0 Å². The summed E-state index contributed by atoms with van der Waals surface area (Å²) in [5.41, 5.74) is 1.14. The number of nitrogens with zero attached hydrogens (tertiary/aromatic N) is 3. The number of nitrogens with one attached hydrogen (secondary N) is 2. The fourth-order valence-corrected chi connectivity index (χ4v) is 2.70. The van der Waals surface area contributed by atoms with Gasteiger partial charge in [0.2, 0.25) is 5.95 Å². The zero-order valence-electron chi connectivity index (χ0n) is 12.9. The number of rotatable bonds is 7. The van der Waals surface area contributed by atoms with Crippen molar-refractivity contribution in [3.05, 3.63) is 18.0 Å². The molecule has 112 valence electrons. The zero-order valence-corrected chi connectivity index (χ0v) is 12.9. The highest BCUT2D eigenvalue weighted by Crippen LogP contribution is 2.15. The molecule has 1 aliphatic rings. The molecule has 0 saturated carbocycles. The van der Waals surface area contributed by atoms with Crippen LogP contribution >= 0.6 is 0 Å². The molecule has 2 heterocycles. The van der Waals surface area contributed by atoms with Crippen molar-refractivity contribution in [1.29, 1.82) is 0 Å². The van der Waals surface area contributed by atoms with Crippen molar-refractivity contribution in [2.75, 3.05) is 25.0 Å². The Morgan fingerprint density at radius 2 is 2.10 bits per heavy atom. The predicted octanol–water partition coefficient (Wildman–Crippen LogP) is 1.87. The Labute approximate surface area is 122 Å². The van der Waals surface area contributed by atoms with E-state index in [2.05, 4.69) is 46.3 Å². The quantitative estimate of drug-likeness (QED) is 0.797. The van der Waals surface area contributed by atoms with Gasteiger partial charge in [0, 0.05) is 43.1 Å². The molecule has 1 fully saturated rings. The van der Waals surface area contributed by atoms with E-state index in [1.165, 1.54) is 19.4 Å². The van der Waals surface area contributed by atoms with E-state index in [-0.39, 0.29) is 0 Å². The number of hydrogen-bond donors (Lipinski definition) is 2. The van der Waals surface area contributed by atoms with Gasteiger partial charge >= 0.3 is 0 Å². The van der Waals surface area contributed by atoms with Gasteiger partial charge in [0.1, 0.15) is 0 Å². The minimum absolute atomic E-state index is 0.362. The SMILES string of the molecule is CCN1CCCC1CNCc1cnc(NC(C)C)nc1. The van der Waals surface area contributed by atoms with Crippen molar-refractivity contribution in [3.8, 4) is 0 Å². The Bertz CT molecular complexity index is 390. The van der Waals surface area contributed by atoms with Crippen molar-refractivity contribution in [2.45, 2.75) is 52.2 Å². The molecule has 1 saturated heterocycles. The first-order valence-electron chi connectivity index (χ1n) is 7.71. The number of anilines is 1. The van der Waals surface area contributed by atoms with E-state index in [9.17, 15) is 0 Å². The van der Waals surface area contributed by atoms with Gasteiger partial charge in [0.15, 0.2) is 0 Å². The summed E-state index contributed by atoms with van der Waals surface area (Å²) in [6, 6.07) is 1.06. The van der Waals surface area contributed by atoms with Gasteiger partial charge < -0.3 is 10.6 Å². The van der Waals surface area contributed by atoms with E-state index >= 15 is 0 Å². The average molecular weight is 277 g/mol.